The highest BCUT2D eigenvalue weighted by molar-refractivity contribution is 9.10. The van der Waals surface area contributed by atoms with Crippen LogP contribution in [0, 0.1) is 17.2 Å². The van der Waals surface area contributed by atoms with Gasteiger partial charge in [0.2, 0.25) is 0 Å². The third kappa shape index (κ3) is 7.24. The number of amides is 2. The molecule has 0 aliphatic heterocycles. The van der Waals surface area contributed by atoms with Crippen molar-refractivity contribution in [1.82, 2.24) is 10.7 Å². The van der Waals surface area contributed by atoms with Gasteiger partial charge in [-0.3, -0.25) is 9.59 Å². The van der Waals surface area contributed by atoms with Gasteiger partial charge in [-0.25, -0.2) is 5.43 Å². The molecule has 0 aliphatic rings. The second-order valence-electron chi connectivity index (χ2n) is 6.69. The second kappa shape index (κ2) is 11.7. The standard InChI is InChI=1S/C21H19BrCl2N4O3/c1-12(2)19(27-20(29)15-5-4-14(23)10-17(15)24)21(30)28-26-11-13-3-6-18(16(22)9-13)31-8-7-25/h3-6,9-12,19H,8H2,1-2H3,(H,27,29)(H,28,30). The molecule has 0 saturated heterocycles. The minimum atomic E-state index is -0.829. The predicted molar refractivity (Wildman–Crippen MR) is 124 cm³/mol. The molecular weight excluding hydrogens is 507 g/mol. The van der Waals surface area contributed by atoms with Crippen LogP contribution in [0.4, 0.5) is 0 Å². The monoisotopic (exact) mass is 524 g/mol. The van der Waals surface area contributed by atoms with Gasteiger partial charge in [0.25, 0.3) is 11.8 Å². The summed E-state index contributed by atoms with van der Waals surface area (Å²) >= 11 is 15.3. The normalized spacial score (nSPS) is 11.8. The van der Waals surface area contributed by atoms with Gasteiger partial charge in [0.15, 0.2) is 6.61 Å². The minimum Gasteiger partial charge on any atom is -0.478 e. The van der Waals surface area contributed by atoms with Crippen LogP contribution in [-0.4, -0.2) is 30.7 Å². The lowest BCUT2D eigenvalue weighted by atomic mass is 10.0. The van der Waals surface area contributed by atoms with Crippen molar-refractivity contribution in [2.45, 2.75) is 19.9 Å². The average molecular weight is 526 g/mol. The van der Waals surface area contributed by atoms with E-state index in [1.807, 2.05) is 6.07 Å². The van der Waals surface area contributed by atoms with Gasteiger partial charge in [0.05, 0.1) is 21.3 Å². The minimum absolute atomic E-state index is 0.0639. The first-order valence-electron chi connectivity index (χ1n) is 9.11. The Hall–Kier alpha value is -2.60. The van der Waals surface area contributed by atoms with Gasteiger partial charge in [-0.15, -0.1) is 0 Å². The van der Waals surface area contributed by atoms with Crippen molar-refractivity contribution in [1.29, 1.82) is 5.26 Å². The van der Waals surface area contributed by atoms with Crippen LogP contribution in [0.5, 0.6) is 5.75 Å². The van der Waals surface area contributed by atoms with Crippen molar-refractivity contribution in [3.63, 3.8) is 0 Å². The van der Waals surface area contributed by atoms with Crippen LogP contribution in [0.15, 0.2) is 46.0 Å². The molecule has 1 unspecified atom stereocenters. The van der Waals surface area contributed by atoms with E-state index in [4.69, 9.17) is 33.2 Å². The molecule has 7 nitrogen and oxygen atoms in total. The largest absolute Gasteiger partial charge is 0.478 e. The molecular formula is C21H19BrCl2N4O3. The molecule has 2 aromatic carbocycles. The number of hydrazone groups is 1. The van der Waals surface area contributed by atoms with E-state index in [0.717, 1.165) is 0 Å². The Morgan fingerprint density at radius 2 is 2.00 bits per heavy atom. The number of nitrogens with one attached hydrogen (secondary N) is 2. The van der Waals surface area contributed by atoms with Crippen molar-refractivity contribution in [3.8, 4) is 11.8 Å². The fourth-order valence-corrected chi connectivity index (χ4v) is 3.50. The fourth-order valence-electron chi connectivity index (χ4n) is 2.49. The smallest absolute Gasteiger partial charge is 0.262 e. The summed E-state index contributed by atoms with van der Waals surface area (Å²) in [5, 5.41) is 15.8. The molecule has 0 aromatic heterocycles. The van der Waals surface area contributed by atoms with Crippen LogP contribution in [0.2, 0.25) is 10.0 Å². The number of hydrogen-bond acceptors (Lipinski definition) is 5. The lowest BCUT2D eigenvalue weighted by Crippen LogP contribution is -2.48. The second-order valence-corrected chi connectivity index (χ2v) is 8.39. The van der Waals surface area contributed by atoms with E-state index >= 15 is 0 Å². The molecule has 0 saturated carbocycles. The summed E-state index contributed by atoms with van der Waals surface area (Å²) in [6, 6.07) is 10.7. The van der Waals surface area contributed by atoms with Gasteiger partial charge in [0.1, 0.15) is 17.9 Å². The van der Waals surface area contributed by atoms with E-state index in [1.165, 1.54) is 18.3 Å². The summed E-state index contributed by atoms with van der Waals surface area (Å²) in [4.78, 5) is 25.1. The lowest BCUT2D eigenvalue weighted by Gasteiger charge is -2.20. The average Bonchev–Trinajstić information content (AvgIpc) is 2.70. The summed E-state index contributed by atoms with van der Waals surface area (Å²) in [6.07, 6.45) is 1.45. The summed E-state index contributed by atoms with van der Waals surface area (Å²) < 4.78 is 5.89. The first-order valence-corrected chi connectivity index (χ1v) is 10.7. The Morgan fingerprint density at radius 3 is 2.61 bits per heavy atom. The molecule has 2 aromatic rings. The Morgan fingerprint density at radius 1 is 1.26 bits per heavy atom. The zero-order chi connectivity index (χ0) is 23.0. The molecule has 0 spiro atoms. The summed E-state index contributed by atoms with van der Waals surface area (Å²) in [5.74, 6) is -0.642. The van der Waals surface area contributed by atoms with Crippen LogP contribution in [0.3, 0.4) is 0 Å². The maximum Gasteiger partial charge on any atom is 0.262 e. The van der Waals surface area contributed by atoms with Crippen LogP contribution in [0.25, 0.3) is 0 Å². The van der Waals surface area contributed by atoms with Crippen molar-refractivity contribution in [2.24, 2.45) is 11.0 Å². The highest BCUT2D eigenvalue weighted by Crippen LogP contribution is 2.25. The number of ether oxygens (including phenoxy) is 1. The van der Waals surface area contributed by atoms with Crippen molar-refractivity contribution >= 4 is 57.2 Å². The number of rotatable bonds is 8. The molecule has 0 aliphatic carbocycles. The predicted octanol–water partition coefficient (Wildman–Crippen LogP) is 4.56. The number of halogens is 3. The molecule has 0 heterocycles. The molecule has 0 fully saturated rings. The van der Waals surface area contributed by atoms with Crippen LogP contribution in [-0.2, 0) is 4.79 Å². The Bertz CT molecular complexity index is 1040. The van der Waals surface area contributed by atoms with Crippen LogP contribution < -0.4 is 15.5 Å². The van der Waals surface area contributed by atoms with Gasteiger partial charge < -0.3 is 10.1 Å². The molecule has 10 heteroatoms. The summed E-state index contributed by atoms with van der Waals surface area (Å²) in [7, 11) is 0. The molecule has 2 N–H and O–H groups in total. The molecule has 0 bridgehead atoms. The topological polar surface area (TPSA) is 104 Å². The number of carbonyl (C=O) groups is 2. The molecule has 0 radical (unpaired) electrons. The number of nitriles is 1. The highest BCUT2D eigenvalue weighted by atomic mass is 79.9. The van der Waals surface area contributed by atoms with Crippen molar-refractivity contribution < 1.29 is 14.3 Å². The van der Waals surface area contributed by atoms with Gasteiger partial charge in [0, 0.05) is 5.02 Å². The quantitative estimate of drug-likeness (QED) is 0.389. The van der Waals surface area contributed by atoms with Gasteiger partial charge in [-0.05, 0) is 63.8 Å². The van der Waals surface area contributed by atoms with Crippen molar-refractivity contribution in [3.05, 3.63) is 62.0 Å². The maximum absolute atomic E-state index is 12.6. The van der Waals surface area contributed by atoms with Crippen LogP contribution in [0.1, 0.15) is 29.8 Å². The van der Waals surface area contributed by atoms with Gasteiger partial charge in [-0.2, -0.15) is 10.4 Å². The highest BCUT2D eigenvalue weighted by Gasteiger charge is 2.25. The molecule has 31 heavy (non-hydrogen) atoms. The zero-order valence-electron chi connectivity index (χ0n) is 16.7. The fraction of sp³-hybridized carbons (Fsp3) is 0.238. The molecule has 162 valence electrons. The first-order chi connectivity index (χ1) is 14.7. The van der Waals surface area contributed by atoms with Gasteiger partial charge in [-0.1, -0.05) is 37.0 Å². The van der Waals surface area contributed by atoms with Gasteiger partial charge >= 0.3 is 0 Å². The number of benzene rings is 2. The third-order valence-corrected chi connectivity index (χ3v) is 5.22. The van der Waals surface area contributed by atoms with E-state index in [9.17, 15) is 9.59 Å². The first kappa shape index (κ1) is 24.7. The number of hydrogen-bond donors (Lipinski definition) is 2. The zero-order valence-corrected chi connectivity index (χ0v) is 19.8. The van der Waals surface area contributed by atoms with E-state index in [2.05, 4.69) is 31.8 Å². The molecule has 1 atom stereocenters. The van der Waals surface area contributed by atoms with E-state index < -0.39 is 17.9 Å². The summed E-state index contributed by atoms with van der Waals surface area (Å²) in [5.41, 5.74) is 3.34. The number of nitrogens with zero attached hydrogens (tertiary/aromatic N) is 2. The van der Waals surface area contributed by atoms with Crippen molar-refractivity contribution in [2.75, 3.05) is 6.61 Å². The molecule has 2 rings (SSSR count). The third-order valence-electron chi connectivity index (χ3n) is 4.05. The van der Waals surface area contributed by atoms with E-state index in [-0.39, 0.29) is 23.1 Å². The Labute approximate surface area is 198 Å². The molecule has 2 amide bonds. The Balaban J connectivity index is 2.03. The lowest BCUT2D eigenvalue weighted by molar-refractivity contribution is -0.123. The Kier molecular flexibility index (Phi) is 9.31. The van der Waals surface area contributed by atoms with Crippen LogP contribution >= 0.6 is 39.1 Å². The summed E-state index contributed by atoms with van der Waals surface area (Å²) in [6.45, 7) is 3.54. The number of carbonyl (C=O) groups excluding carboxylic acids is 2. The van der Waals surface area contributed by atoms with E-state index in [0.29, 0.717) is 20.8 Å². The SMILES string of the molecule is CC(C)C(NC(=O)c1ccc(Cl)cc1Cl)C(=O)NN=Cc1ccc(OCC#N)c(Br)c1. The van der Waals surface area contributed by atoms with E-state index in [1.54, 1.807) is 38.1 Å². The maximum atomic E-state index is 12.6.